The van der Waals surface area contributed by atoms with Crippen molar-refractivity contribution in [2.24, 2.45) is 0 Å². The molecule has 1 aromatic carbocycles. The van der Waals surface area contributed by atoms with Crippen molar-refractivity contribution in [1.29, 1.82) is 0 Å². The normalized spacial score (nSPS) is 10.1. The zero-order valence-electron chi connectivity index (χ0n) is 8.31. The summed E-state index contributed by atoms with van der Waals surface area (Å²) in [5.41, 5.74) is 1.67. The van der Waals surface area contributed by atoms with E-state index in [4.69, 9.17) is 4.52 Å². The zero-order valence-corrected chi connectivity index (χ0v) is 10.5. The van der Waals surface area contributed by atoms with E-state index in [0.717, 1.165) is 5.56 Å². The Hall–Kier alpha value is -1.37. The van der Waals surface area contributed by atoms with Crippen LogP contribution in [0.15, 0.2) is 40.9 Å². The minimum absolute atomic E-state index is 0.101. The van der Waals surface area contributed by atoms with E-state index in [1.54, 1.807) is 6.07 Å². The van der Waals surface area contributed by atoms with Gasteiger partial charge in [0.05, 0.1) is 4.43 Å². The van der Waals surface area contributed by atoms with E-state index in [9.17, 15) is 4.79 Å². The molecule has 16 heavy (non-hydrogen) atoms. The first-order valence-corrected chi connectivity index (χ1v) is 6.20. The number of anilines is 1. The van der Waals surface area contributed by atoms with Crippen LogP contribution in [-0.4, -0.2) is 15.5 Å². The van der Waals surface area contributed by atoms with Crippen molar-refractivity contribution >= 4 is 34.4 Å². The third-order valence-electron chi connectivity index (χ3n) is 1.96. The van der Waals surface area contributed by atoms with Crippen LogP contribution < -0.4 is 5.32 Å². The molecule has 2 aromatic rings. The minimum Gasteiger partial charge on any atom is -0.338 e. The molecule has 1 aromatic heterocycles. The predicted molar refractivity (Wildman–Crippen MR) is 69.5 cm³/mol. The summed E-state index contributed by atoms with van der Waals surface area (Å²) in [4.78, 5) is 11.1. The van der Waals surface area contributed by atoms with E-state index in [0.29, 0.717) is 16.0 Å². The lowest BCUT2D eigenvalue weighted by Gasteiger charge is -1.94. The summed E-state index contributed by atoms with van der Waals surface area (Å²) in [6.45, 7) is 0. The van der Waals surface area contributed by atoms with Gasteiger partial charge in [0.1, 0.15) is 5.69 Å². The molecule has 0 saturated heterocycles. The van der Waals surface area contributed by atoms with E-state index in [2.05, 4.69) is 10.5 Å². The van der Waals surface area contributed by atoms with Crippen LogP contribution in [0.1, 0.15) is 0 Å². The number of rotatable bonds is 3. The number of benzene rings is 1. The van der Waals surface area contributed by atoms with E-state index in [1.807, 2.05) is 52.9 Å². The van der Waals surface area contributed by atoms with Crippen molar-refractivity contribution in [3.05, 3.63) is 36.4 Å². The molecular formula is C11H9IN2O2. The molecule has 4 nitrogen and oxygen atoms in total. The number of aromatic nitrogens is 1. The Kier molecular flexibility index (Phi) is 3.55. The van der Waals surface area contributed by atoms with Crippen LogP contribution in [0, 0.1) is 0 Å². The van der Waals surface area contributed by atoms with Crippen LogP contribution in [0.4, 0.5) is 5.88 Å². The highest BCUT2D eigenvalue weighted by Crippen LogP contribution is 2.21. The van der Waals surface area contributed by atoms with Crippen LogP contribution in [0.3, 0.4) is 0 Å². The molecule has 5 heteroatoms. The molecule has 0 unspecified atom stereocenters. The highest BCUT2D eigenvalue weighted by atomic mass is 127. The third-order valence-corrected chi connectivity index (χ3v) is 2.66. The van der Waals surface area contributed by atoms with E-state index in [1.165, 1.54) is 0 Å². The smallest absolute Gasteiger partial charge is 0.236 e. The van der Waals surface area contributed by atoms with Gasteiger partial charge in [-0.3, -0.25) is 10.1 Å². The molecule has 0 spiro atoms. The van der Waals surface area contributed by atoms with Crippen molar-refractivity contribution in [2.75, 3.05) is 9.74 Å². The van der Waals surface area contributed by atoms with Gasteiger partial charge in [0.2, 0.25) is 11.8 Å². The summed E-state index contributed by atoms with van der Waals surface area (Å²) in [5, 5.41) is 6.49. The van der Waals surface area contributed by atoms with Crippen LogP contribution >= 0.6 is 22.6 Å². The predicted octanol–water partition coefficient (Wildman–Crippen LogP) is 2.72. The number of amides is 1. The van der Waals surface area contributed by atoms with Gasteiger partial charge in [-0.2, -0.15) is 0 Å². The van der Waals surface area contributed by atoms with Crippen LogP contribution in [-0.2, 0) is 4.79 Å². The second-order valence-electron chi connectivity index (χ2n) is 3.12. The molecule has 0 aliphatic carbocycles. The SMILES string of the molecule is O=C(CI)Nc1cc(-c2ccccc2)no1. The molecule has 0 bridgehead atoms. The summed E-state index contributed by atoms with van der Waals surface area (Å²) >= 11 is 1.98. The van der Waals surface area contributed by atoms with Crippen molar-refractivity contribution in [1.82, 2.24) is 5.16 Å². The van der Waals surface area contributed by atoms with Gasteiger partial charge in [0.25, 0.3) is 0 Å². The van der Waals surface area contributed by atoms with Gasteiger partial charge in [-0.25, -0.2) is 0 Å². The van der Waals surface area contributed by atoms with Crippen molar-refractivity contribution in [3.8, 4) is 11.3 Å². The number of carbonyl (C=O) groups is 1. The number of halogens is 1. The Morgan fingerprint density at radius 1 is 1.38 bits per heavy atom. The van der Waals surface area contributed by atoms with Gasteiger partial charge < -0.3 is 4.52 Å². The van der Waals surface area contributed by atoms with Crippen molar-refractivity contribution in [2.45, 2.75) is 0 Å². The molecule has 0 saturated carbocycles. The number of hydrogen-bond acceptors (Lipinski definition) is 3. The summed E-state index contributed by atoms with van der Waals surface area (Å²) in [5.74, 6) is 0.275. The maximum Gasteiger partial charge on any atom is 0.236 e. The number of alkyl halides is 1. The fraction of sp³-hybridized carbons (Fsp3) is 0.0909. The average Bonchev–Trinajstić information content (AvgIpc) is 2.78. The first-order valence-electron chi connectivity index (χ1n) is 4.67. The summed E-state index contributed by atoms with van der Waals surface area (Å²) < 4.78 is 5.39. The molecule has 0 radical (unpaired) electrons. The van der Waals surface area contributed by atoms with Crippen LogP contribution in [0.25, 0.3) is 11.3 Å². The van der Waals surface area contributed by atoms with E-state index in [-0.39, 0.29) is 5.91 Å². The Morgan fingerprint density at radius 2 is 2.12 bits per heavy atom. The first-order chi connectivity index (χ1) is 7.79. The summed E-state index contributed by atoms with van der Waals surface area (Å²) in [7, 11) is 0. The fourth-order valence-electron chi connectivity index (χ4n) is 1.25. The quantitative estimate of drug-likeness (QED) is 0.696. The van der Waals surface area contributed by atoms with Gasteiger partial charge in [0.15, 0.2) is 0 Å². The third kappa shape index (κ3) is 2.60. The molecule has 0 aliphatic heterocycles. The maximum absolute atomic E-state index is 11.1. The lowest BCUT2D eigenvalue weighted by atomic mass is 10.2. The Bertz CT molecular complexity index is 482. The summed E-state index contributed by atoms with van der Waals surface area (Å²) in [6.07, 6.45) is 0. The molecule has 0 fully saturated rings. The van der Waals surface area contributed by atoms with Gasteiger partial charge in [-0.15, -0.1) is 0 Å². The standard InChI is InChI=1S/C11H9IN2O2/c12-7-10(15)13-11-6-9(14-16-11)8-4-2-1-3-5-8/h1-6H,7H2,(H,13,15). The molecule has 0 aliphatic rings. The van der Waals surface area contributed by atoms with Crippen molar-refractivity contribution in [3.63, 3.8) is 0 Å². The molecular weight excluding hydrogens is 319 g/mol. The molecule has 1 amide bonds. The van der Waals surface area contributed by atoms with Gasteiger partial charge >= 0.3 is 0 Å². The number of carbonyl (C=O) groups excluding carboxylic acids is 1. The second-order valence-corrected chi connectivity index (χ2v) is 3.89. The zero-order chi connectivity index (χ0) is 11.4. The van der Waals surface area contributed by atoms with E-state index >= 15 is 0 Å². The van der Waals surface area contributed by atoms with E-state index < -0.39 is 0 Å². The largest absolute Gasteiger partial charge is 0.338 e. The lowest BCUT2D eigenvalue weighted by molar-refractivity contribution is -0.113. The fourth-order valence-corrected chi connectivity index (χ4v) is 1.44. The monoisotopic (exact) mass is 328 g/mol. The molecule has 2 rings (SSSR count). The molecule has 1 heterocycles. The number of hydrogen-bond donors (Lipinski definition) is 1. The molecule has 1 N–H and O–H groups in total. The van der Waals surface area contributed by atoms with Crippen molar-refractivity contribution < 1.29 is 9.32 Å². The Balaban J connectivity index is 2.17. The molecule has 0 atom stereocenters. The highest BCUT2D eigenvalue weighted by Gasteiger charge is 2.07. The Morgan fingerprint density at radius 3 is 2.81 bits per heavy atom. The minimum atomic E-state index is -0.101. The van der Waals surface area contributed by atoms with Gasteiger partial charge in [0, 0.05) is 11.6 Å². The second kappa shape index (κ2) is 5.11. The lowest BCUT2D eigenvalue weighted by Crippen LogP contribution is -2.11. The summed E-state index contributed by atoms with van der Waals surface area (Å²) in [6, 6.07) is 11.4. The maximum atomic E-state index is 11.1. The van der Waals surface area contributed by atoms with Crippen LogP contribution in [0.5, 0.6) is 0 Å². The van der Waals surface area contributed by atoms with Gasteiger partial charge in [-0.1, -0.05) is 58.1 Å². The Labute approximate surface area is 106 Å². The first kappa shape index (κ1) is 11.1. The van der Waals surface area contributed by atoms with Crippen LogP contribution in [0.2, 0.25) is 0 Å². The molecule has 82 valence electrons. The topological polar surface area (TPSA) is 55.1 Å². The average molecular weight is 328 g/mol. The number of nitrogens with one attached hydrogen (secondary N) is 1. The number of nitrogens with zero attached hydrogens (tertiary/aromatic N) is 1. The highest BCUT2D eigenvalue weighted by molar-refractivity contribution is 14.1. The van der Waals surface area contributed by atoms with Gasteiger partial charge in [-0.05, 0) is 0 Å².